The summed E-state index contributed by atoms with van der Waals surface area (Å²) in [7, 11) is 0. The van der Waals surface area contributed by atoms with Gasteiger partial charge >= 0.3 is 5.97 Å². The van der Waals surface area contributed by atoms with Crippen LogP contribution >= 0.6 is 0 Å². The third-order valence-electron chi connectivity index (χ3n) is 2.28. The fraction of sp³-hybridized carbons (Fsp3) is 0.250. The number of carbonyl (C=O) groups is 3. The van der Waals surface area contributed by atoms with Crippen molar-refractivity contribution in [3.8, 4) is 0 Å². The van der Waals surface area contributed by atoms with Crippen LogP contribution in [0.4, 0.5) is 15.8 Å². The number of hydrogen-bond acceptors (Lipinski definition) is 4. The minimum absolute atomic E-state index is 0.0953. The molecule has 0 bridgehead atoms. The number of hydrogen-bond donors (Lipinski definition) is 4. The Kier molecular flexibility index (Phi) is 5.15. The zero-order valence-corrected chi connectivity index (χ0v) is 10.6. The van der Waals surface area contributed by atoms with E-state index in [1.807, 2.05) is 0 Å². The summed E-state index contributed by atoms with van der Waals surface area (Å²) >= 11 is 0. The van der Waals surface area contributed by atoms with Crippen LogP contribution in [0.5, 0.6) is 0 Å². The topological polar surface area (TPSA) is 122 Å². The third kappa shape index (κ3) is 4.65. The molecule has 1 unspecified atom stereocenters. The average Bonchev–Trinajstić information content (AvgIpc) is 2.31. The van der Waals surface area contributed by atoms with Crippen LogP contribution in [0, 0.1) is 5.82 Å². The second-order valence-electron chi connectivity index (χ2n) is 4.07. The number of nitrogens with one attached hydrogen (secondary N) is 2. The number of halogens is 1. The van der Waals surface area contributed by atoms with Crippen LogP contribution in [0.1, 0.15) is 13.3 Å². The van der Waals surface area contributed by atoms with Crippen LogP contribution in [0.15, 0.2) is 18.2 Å². The van der Waals surface area contributed by atoms with Gasteiger partial charge in [0.05, 0.1) is 18.2 Å². The van der Waals surface area contributed by atoms with Gasteiger partial charge in [-0.05, 0) is 18.2 Å². The fourth-order valence-corrected chi connectivity index (χ4v) is 1.40. The van der Waals surface area contributed by atoms with Crippen LogP contribution < -0.4 is 16.4 Å². The molecule has 5 N–H and O–H groups in total. The highest BCUT2D eigenvalue weighted by atomic mass is 19.1. The lowest BCUT2D eigenvalue weighted by Crippen LogP contribution is -2.37. The van der Waals surface area contributed by atoms with Crippen molar-refractivity contribution in [3.63, 3.8) is 0 Å². The van der Waals surface area contributed by atoms with Gasteiger partial charge in [-0.15, -0.1) is 0 Å². The molecule has 1 rings (SSSR count). The number of benzene rings is 1. The lowest BCUT2D eigenvalue weighted by Gasteiger charge is -2.12. The van der Waals surface area contributed by atoms with E-state index in [2.05, 4.69) is 10.6 Å². The maximum atomic E-state index is 13.4. The van der Waals surface area contributed by atoms with Gasteiger partial charge in [0, 0.05) is 12.6 Å². The van der Waals surface area contributed by atoms with E-state index in [9.17, 15) is 18.8 Å². The van der Waals surface area contributed by atoms with Crippen molar-refractivity contribution in [1.82, 2.24) is 0 Å². The van der Waals surface area contributed by atoms with E-state index >= 15 is 0 Å². The molecule has 1 atom stereocenters. The molecular weight excluding hydrogens is 269 g/mol. The molecule has 108 valence electrons. The zero-order chi connectivity index (χ0) is 15.3. The lowest BCUT2D eigenvalue weighted by molar-refractivity contribution is -0.138. The highest BCUT2D eigenvalue weighted by Gasteiger charge is 2.17. The predicted octanol–water partition coefficient (Wildman–Crippen LogP) is 0.525. The molecular formula is C12H14FN3O4. The van der Waals surface area contributed by atoms with E-state index in [1.54, 1.807) is 0 Å². The highest BCUT2D eigenvalue weighted by Crippen LogP contribution is 2.19. The predicted molar refractivity (Wildman–Crippen MR) is 69.6 cm³/mol. The monoisotopic (exact) mass is 283 g/mol. The SMILES string of the molecule is CC(=O)Nc1cc(NC(=O)C(N)CC(=O)O)ccc1F. The van der Waals surface area contributed by atoms with E-state index in [0.29, 0.717) is 0 Å². The molecule has 0 aliphatic carbocycles. The first kappa shape index (κ1) is 15.6. The van der Waals surface area contributed by atoms with Crippen LogP contribution in [0.2, 0.25) is 0 Å². The molecule has 1 aromatic rings. The Morgan fingerprint density at radius 3 is 2.55 bits per heavy atom. The Balaban J connectivity index is 2.80. The van der Waals surface area contributed by atoms with E-state index in [1.165, 1.54) is 19.1 Å². The summed E-state index contributed by atoms with van der Waals surface area (Å²) in [5, 5.41) is 13.1. The van der Waals surface area contributed by atoms with Crippen molar-refractivity contribution in [2.75, 3.05) is 10.6 Å². The highest BCUT2D eigenvalue weighted by molar-refractivity contribution is 5.97. The van der Waals surface area contributed by atoms with E-state index in [4.69, 9.17) is 10.8 Å². The first-order chi connectivity index (χ1) is 9.29. The number of rotatable bonds is 5. The van der Waals surface area contributed by atoms with Gasteiger partial charge in [-0.3, -0.25) is 14.4 Å². The largest absolute Gasteiger partial charge is 0.481 e. The molecule has 0 aromatic heterocycles. The van der Waals surface area contributed by atoms with Crippen molar-refractivity contribution in [2.45, 2.75) is 19.4 Å². The minimum Gasteiger partial charge on any atom is -0.481 e. The summed E-state index contributed by atoms with van der Waals surface area (Å²) in [6.45, 7) is 1.22. The molecule has 0 saturated carbocycles. The number of aliphatic carboxylic acids is 1. The van der Waals surface area contributed by atoms with Crippen molar-refractivity contribution in [3.05, 3.63) is 24.0 Å². The van der Waals surface area contributed by atoms with Gasteiger partial charge in [0.25, 0.3) is 0 Å². The minimum atomic E-state index is -1.22. The number of carboxylic acid groups (broad SMARTS) is 1. The van der Waals surface area contributed by atoms with Gasteiger partial charge in [-0.1, -0.05) is 0 Å². The number of carbonyl (C=O) groups excluding carboxylic acids is 2. The Hall–Kier alpha value is -2.48. The Morgan fingerprint density at radius 2 is 2.00 bits per heavy atom. The van der Waals surface area contributed by atoms with Gasteiger partial charge in [0.1, 0.15) is 5.82 Å². The van der Waals surface area contributed by atoms with Crippen LogP contribution in [-0.2, 0) is 14.4 Å². The molecule has 0 spiro atoms. The molecule has 20 heavy (non-hydrogen) atoms. The first-order valence-electron chi connectivity index (χ1n) is 5.65. The van der Waals surface area contributed by atoms with Gasteiger partial charge in [-0.25, -0.2) is 4.39 Å². The molecule has 0 aliphatic heterocycles. The lowest BCUT2D eigenvalue weighted by atomic mass is 10.2. The number of amides is 2. The normalized spacial score (nSPS) is 11.6. The Labute approximate surface area is 114 Å². The maximum Gasteiger partial charge on any atom is 0.305 e. The summed E-state index contributed by atoms with van der Waals surface area (Å²) in [4.78, 5) is 32.9. The molecule has 7 nitrogen and oxygen atoms in total. The van der Waals surface area contributed by atoms with E-state index < -0.39 is 36.1 Å². The van der Waals surface area contributed by atoms with Crippen molar-refractivity contribution >= 4 is 29.2 Å². The van der Waals surface area contributed by atoms with Crippen LogP contribution in [0.25, 0.3) is 0 Å². The molecule has 0 saturated heterocycles. The summed E-state index contributed by atoms with van der Waals surface area (Å²) in [6, 6.07) is 2.32. The number of carboxylic acids is 1. The number of nitrogens with two attached hydrogens (primary N) is 1. The second kappa shape index (κ2) is 6.62. The molecule has 1 aromatic carbocycles. The average molecular weight is 283 g/mol. The molecule has 0 fully saturated rings. The molecule has 0 aliphatic rings. The molecule has 8 heteroatoms. The van der Waals surface area contributed by atoms with Gasteiger partial charge in [-0.2, -0.15) is 0 Å². The molecule has 2 amide bonds. The van der Waals surface area contributed by atoms with Gasteiger partial charge < -0.3 is 21.5 Å². The maximum absolute atomic E-state index is 13.4. The van der Waals surface area contributed by atoms with Gasteiger partial charge in [0.15, 0.2) is 0 Å². The summed E-state index contributed by atoms with van der Waals surface area (Å²) < 4.78 is 13.4. The quantitative estimate of drug-likeness (QED) is 0.627. The summed E-state index contributed by atoms with van der Waals surface area (Å²) in [5.41, 5.74) is 5.48. The standard InChI is InChI=1S/C12H14FN3O4/c1-6(17)15-10-4-7(2-3-8(10)13)16-12(20)9(14)5-11(18)19/h2-4,9H,5,14H2,1H3,(H,15,17)(H,16,20)(H,18,19). The third-order valence-corrected chi connectivity index (χ3v) is 2.28. The van der Waals surface area contributed by atoms with Gasteiger partial charge in [0.2, 0.25) is 11.8 Å². The van der Waals surface area contributed by atoms with Crippen LogP contribution in [-0.4, -0.2) is 28.9 Å². The summed E-state index contributed by atoms with van der Waals surface area (Å²) in [5.74, 6) is -3.04. The van der Waals surface area contributed by atoms with Crippen molar-refractivity contribution in [1.29, 1.82) is 0 Å². The Bertz CT molecular complexity index is 548. The molecule has 0 heterocycles. The zero-order valence-electron chi connectivity index (χ0n) is 10.6. The first-order valence-corrected chi connectivity index (χ1v) is 5.65. The smallest absolute Gasteiger partial charge is 0.305 e. The Morgan fingerprint density at radius 1 is 1.35 bits per heavy atom. The van der Waals surface area contributed by atoms with E-state index in [-0.39, 0.29) is 11.4 Å². The van der Waals surface area contributed by atoms with Crippen LogP contribution in [0.3, 0.4) is 0 Å². The fourth-order valence-electron chi connectivity index (χ4n) is 1.40. The second-order valence-corrected chi connectivity index (χ2v) is 4.07. The summed E-state index contributed by atoms with van der Waals surface area (Å²) in [6.07, 6.45) is -0.522. The molecule has 0 radical (unpaired) electrons. The number of anilines is 2. The van der Waals surface area contributed by atoms with E-state index in [0.717, 1.165) is 6.07 Å². The van der Waals surface area contributed by atoms with Crippen molar-refractivity contribution in [2.24, 2.45) is 5.73 Å². The van der Waals surface area contributed by atoms with Crippen molar-refractivity contribution < 1.29 is 23.9 Å².